The summed E-state index contributed by atoms with van der Waals surface area (Å²) < 4.78 is 6.03. The summed E-state index contributed by atoms with van der Waals surface area (Å²) >= 11 is 3.47. The van der Waals surface area contributed by atoms with Crippen LogP contribution in [0.5, 0.6) is 0 Å². The number of nitrogens with two attached hydrogens (primary N) is 1. The minimum absolute atomic E-state index is 0.443. The highest BCUT2D eigenvalue weighted by atomic mass is 79.9. The summed E-state index contributed by atoms with van der Waals surface area (Å²) in [5.41, 5.74) is 8.32. The third-order valence-corrected chi connectivity index (χ3v) is 5.95. The molecule has 1 fully saturated rings. The van der Waals surface area contributed by atoms with Crippen molar-refractivity contribution in [3.05, 3.63) is 27.7 Å². The zero-order valence-electron chi connectivity index (χ0n) is 16.0. The van der Waals surface area contributed by atoms with Crippen molar-refractivity contribution in [3.8, 4) is 0 Å². The van der Waals surface area contributed by atoms with E-state index in [2.05, 4.69) is 27.8 Å². The molecule has 2 rings (SSSR count). The largest absolute Gasteiger partial charge is 0.456 e. The normalized spacial score (nSPS) is 17.9. The van der Waals surface area contributed by atoms with Gasteiger partial charge in [-0.1, -0.05) is 26.2 Å². The number of benzene rings is 1. The van der Waals surface area contributed by atoms with Crippen molar-refractivity contribution in [1.29, 1.82) is 0 Å². The third kappa shape index (κ3) is 5.44. The molecule has 0 heterocycles. The van der Waals surface area contributed by atoms with Gasteiger partial charge in [0.15, 0.2) is 0 Å². The van der Waals surface area contributed by atoms with Gasteiger partial charge in [0.2, 0.25) is 0 Å². The van der Waals surface area contributed by atoms with E-state index in [0.717, 1.165) is 18.7 Å². The fourth-order valence-electron chi connectivity index (χ4n) is 3.42. The van der Waals surface area contributed by atoms with Crippen molar-refractivity contribution >= 4 is 27.6 Å². The number of carbonyl (C=O) groups is 1. The number of halogens is 1. The first kappa shape index (κ1) is 21.2. The minimum atomic E-state index is -0.711. The molecular formula is C20H31BrN2O3. The number of anilines is 1. The second-order valence-corrected chi connectivity index (χ2v) is 8.09. The van der Waals surface area contributed by atoms with Gasteiger partial charge in [0.1, 0.15) is 6.10 Å². The summed E-state index contributed by atoms with van der Waals surface area (Å²) in [6.45, 7) is 7.12. The molecule has 1 aliphatic rings. The van der Waals surface area contributed by atoms with Crippen LogP contribution in [0.4, 0.5) is 5.69 Å². The first-order valence-corrected chi connectivity index (χ1v) is 10.3. The number of hydrogen-bond donors (Lipinski definition) is 2. The maximum atomic E-state index is 12.4. The molecule has 1 aliphatic carbocycles. The third-order valence-electron chi connectivity index (χ3n) is 5.29. The van der Waals surface area contributed by atoms with E-state index in [9.17, 15) is 9.90 Å². The van der Waals surface area contributed by atoms with Gasteiger partial charge >= 0.3 is 5.97 Å². The topological polar surface area (TPSA) is 75.8 Å². The summed E-state index contributed by atoms with van der Waals surface area (Å²) in [5.74, 6) is -0.443. The van der Waals surface area contributed by atoms with Gasteiger partial charge in [0.05, 0.1) is 17.4 Å². The first-order chi connectivity index (χ1) is 12.3. The van der Waals surface area contributed by atoms with E-state index in [0.29, 0.717) is 21.8 Å². The number of aliphatic hydroxyl groups excluding tert-OH is 1. The monoisotopic (exact) mass is 426 g/mol. The zero-order valence-corrected chi connectivity index (χ0v) is 17.6. The molecule has 0 aliphatic heterocycles. The Morgan fingerprint density at radius 2 is 2.00 bits per heavy atom. The fraction of sp³-hybridized carbons (Fsp3) is 0.650. The average molecular weight is 427 g/mol. The number of rotatable bonds is 7. The Morgan fingerprint density at radius 1 is 1.35 bits per heavy atom. The molecule has 1 saturated carbocycles. The standard InChI is InChI=1S/C20H31BrN2O3/c1-4-23(17-8-6-5-7-9-17)12-16-10-15(11-18(21)19(16)22)20(25)26-14(3)13(2)24/h10-11,13-14,17,24H,4-9,12,22H2,1-3H3. The smallest absolute Gasteiger partial charge is 0.338 e. The average Bonchev–Trinajstić information content (AvgIpc) is 2.63. The number of carbonyl (C=O) groups excluding carboxylic acids is 1. The molecule has 0 saturated heterocycles. The highest BCUT2D eigenvalue weighted by Gasteiger charge is 2.23. The molecule has 2 unspecified atom stereocenters. The van der Waals surface area contributed by atoms with Crippen LogP contribution in [-0.4, -0.2) is 40.8 Å². The molecular weight excluding hydrogens is 396 g/mol. The molecule has 1 aromatic rings. The zero-order chi connectivity index (χ0) is 19.3. The molecule has 2 atom stereocenters. The van der Waals surface area contributed by atoms with E-state index >= 15 is 0 Å². The summed E-state index contributed by atoms with van der Waals surface area (Å²) in [6.07, 6.45) is 5.07. The van der Waals surface area contributed by atoms with Crippen LogP contribution in [0.2, 0.25) is 0 Å². The van der Waals surface area contributed by atoms with Gasteiger partial charge in [-0.3, -0.25) is 4.90 Å². The second kappa shape index (κ2) is 9.72. The van der Waals surface area contributed by atoms with Crippen LogP contribution in [0.25, 0.3) is 0 Å². The van der Waals surface area contributed by atoms with E-state index in [1.807, 2.05) is 6.07 Å². The van der Waals surface area contributed by atoms with Crippen LogP contribution < -0.4 is 5.73 Å². The molecule has 5 nitrogen and oxygen atoms in total. The van der Waals surface area contributed by atoms with Crippen LogP contribution in [-0.2, 0) is 11.3 Å². The number of aliphatic hydroxyl groups is 1. The lowest BCUT2D eigenvalue weighted by Crippen LogP contribution is -2.36. The van der Waals surface area contributed by atoms with Crippen LogP contribution in [0, 0.1) is 0 Å². The predicted molar refractivity (Wildman–Crippen MR) is 108 cm³/mol. The van der Waals surface area contributed by atoms with Gasteiger partial charge in [-0.25, -0.2) is 4.79 Å². The molecule has 0 spiro atoms. The quantitative estimate of drug-likeness (QED) is 0.506. The second-order valence-electron chi connectivity index (χ2n) is 7.24. The maximum absolute atomic E-state index is 12.4. The van der Waals surface area contributed by atoms with Gasteiger partial charge in [-0.2, -0.15) is 0 Å². The first-order valence-electron chi connectivity index (χ1n) is 9.54. The van der Waals surface area contributed by atoms with Gasteiger partial charge in [-0.05, 0) is 66.9 Å². The SMILES string of the molecule is CCN(Cc1cc(C(=O)OC(C)C(C)O)cc(Br)c1N)C1CCCCC1. The lowest BCUT2D eigenvalue weighted by molar-refractivity contribution is -0.00471. The molecule has 26 heavy (non-hydrogen) atoms. The molecule has 0 amide bonds. The Bertz CT molecular complexity index is 615. The van der Waals surface area contributed by atoms with Crippen LogP contribution in [0.15, 0.2) is 16.6 Å². The molecule has 1 aromatic carbocycles. The van der Waals surface area contributed by atoms with E-state index in [1.54, 1.807) is 19.9 Å². The molecule has 0 radical (unpaired) electrons. The Morgan fingerprint density at radius 3 is 2.58 bits per heavy atom. The van der Waals surface area contributed by atoms with E-state index < -0.39 is 18.2 Å². The molecule has 0 aromatic heterocycles. The van der Waals surface area contributed by atoms with Crippen LogP contribution in [0.1, 0.15) is 68.8 Å². The Hall–Kier alpha value is -1.11. The summed E-state index contributed by atoms with van der Waals surface area (Å²) in [4.78, 5) is 14.9. The van der Waals surface area contributed by atoms with Gasteiger partial charge in [-0.15, -0.1) is 0 Å². The number of esters is 1. The summed E-state index contributed by atoms with van der Waals surface area (Å²) in [6, 6.07) is 4.09. The fourth-order valence-corrected chi connectivity index (χ4v) is 3.92. The Labute approximate surface area is 165 Å². The van der Waals surface area contributed by atoms with Crippen molar-refractivity contribution in [3.63, 3.8) is 0 Å². The maximum Gasteiger partial charge on any atom is 0.338 e. The number of nitrogens with zero attached hydrogens (tertiary/aromatic N) is 1. The van der Waals surface area contributed by atoms with Crippen molar-refractivity contribution in [2.24, 2.45) is 0 Å². The van der Waals surface area contributed by atoms with Crippen molar-refractivity contribution in [2.45, 2.75) is 77.7 Å². The Balaban J connectivity index is 2.19. The molecule has 0 bridgehead atoms. The Kier molecular flexibility index (Phi) is 7.92. The minimum Gasteiger partial charge on any atom is -0.456 e. The lowest BCUT2D eigenvalue weighted by atomic mass is 9.93. The van der Waals surface area contributed by atoms with Crippen LogP contribution in [0.3, 0.4) is 0 Å². The summed E-state index contributed by atoms with van der Waals surface area (Å²) in [5, 5.41) is 9.55. The molecule has 3 N–H and O–H groups in total. The predicted octanol–water partition coefficient (Wildman–Crippen LogP) is 4.11. The van der Waals surface area contributed by atoms with Crippen molar-refractivity contribution in [1.82, 2.24) is 4.90 Å². The van der Waals surface area contributed by atoms with Gasteiger partial charge in [0, 0.05) is 17.1 Å². The van der Waals surface area contributed by atoms with Crippen molar-refractivity contribution in [2.75, 3.05) is 12.3 Å². The highest BCUT2D eigenvalue weighted by Crippen LogP contribution is 2.30. The summed E-state index contributed by atoms with van der Waals surface area (Å²) in [7, 11) is 0. The van der Waals surface area contributed by atoms with Gasteiger partial charge < -0.3 is 15.6 Å². The number of hydrogen-bond acceptors (Lipinski definition) is 5. The lowest BCUT2D eigenvalue weighted by Gasteiger charge is -2.34. The molecule has 6 heteroatoms. The van der Waals surface area contributed by atoms with E-state index in [1.165, 1.54) is 32.1 Å². The van der Waals surface area contributed by atoms with E-state index in [-0.39, 0.29) is 0 Å². The molecule has 146 valence electrons. The van der Waals surface area contributed by atoms with Crippen molar-refractivity contribution < 1.29 is 14.6 Å². The highest BCUT2D eigenvalue weighted by molar-refractivity contribution is 9.10. The number of nitrogen functional groups attached to an aromatic ring is 1. The number of ether oxygens (including phenoxy) is 1. The van der Waals surface area contributed by atoms with Gasteiger partial charge in [0.25, 0.3) is 0 Å². The van der Waals surface area contributed by atoms with E-state index in [4.69, 9.17) is 10.5 Å². The van der Waals surface area contributed by atoms with Crippen LogP contribution >= 0.6 is 15.9 Å².